The summed E-state index contributed by atoms with van der Waals surface area (Å²) in [6.45, 7) is 0. The van der Waals surface area contributed by atoms with Crippen molar-refractivity contribution in [2.24, 2.45) is 0 Å². The van der Waals surface area contributed by atoms with E-state index in [9.17, 15) is 0 Å². The van der Waals surface area contributed by atoms with E-state index >= 15 is 0 Å². The Morgan fingerprint density at radius 2 is 0.592 bits per heavy atom. The number of hydrogen-bond acceptors (Lipinski definition) is 0. The van der Waals surface area contributed by atoms with Crippen molar-refractivity contribution in [1.29, 1.82) is 0 Å². The molecule has 9 aromatic carbocycles. The third-order valence-electron chi connectivity index (χ3n) is 10.2. The molecule has 0 N–H and O–H groups in total. The molecule has 0 heterocycles. The van der Waals surface area contributed by atoms with Crippen molar-refractivity contribution >= 4 is 32.3 Å². The van der Waals surface area contributed by atoms with Gasteiger partial charge in [0, 0.05) is 0 Å². The summed E-state index contributed by atoms with van der Waals surface area (Å²) in [6.07, 6.45) is 0. The van der Waals surface area contributed by atoms with E-state index in [2.05, 4.69) is 206 Å². The van der Waals surface area contributed by atoms with Gasteiger partial charge in [0.2, 0.25) is 0 Å². The quantitative estimate of drug-likeness (QED) is 0.128. The van der Waals surface area contributed by atoms with E-state index < -0.39 is 5.41 Å². The van der Waals surface area contributed by atoms with Crippen LogP contribution in [0.3, 0.4) is 0 Å². The van der Waals surface area contributed by atoms with Crippen molar-refractivity contribution in [2.75, 3.05) is 0 Å². The van der Waals surface area contributed by atoms with Crippen molar-refractivity contribution in [1.82, 2.24) is 0 Å². The lowest BCUT2D eigenvalue weighted by Crippen LogP contribution is -2.30. The fraction of sp³-hybridized carbons (Fsp3) is 0.0204. The van der Waals surface area contributed by atoms with Crippen LogP contribution in [0, 0.1) is 0 Å². The predicted molar refractivity (Wildman–Crippen MR) is 208 cm³/mol. The molecule has 0 aromatic heterocycles. The lowest BCUT2D eigenvalue weighted by molar-refractivity contribution is 0.745. The number of benzene rings is 9. The second-order valence-corrected chi connectivity index (χ2v) is 12.8. The predicted octanol–water partition coefficient (Wildman–Crippen LogP) is 12.9. The van der Waals surface area contributed by atoms with Gasteiger partial charge in [-0.2, -0.15) is 0 Å². The highest BCUT2D eigenvalue weighted by Gasteiger charge is 2.38. The summed E-state index contributed by atoms with van der Waals surface area (Å²) in [7, 11) is 0. The molecule has 0 aliphatic carbocycles. The maximum Gasteiger partial charge on any atom is 0.0701 e. The average molecular weight is 623 g/mol. The Bertz CT molecular complexity index is 2410. The number of fused-ring (bicyclic) bond motifs is 3. The summed E-state index contributed by atoms with van der Waals surface area (Å²) in [6, 6.07) is 75.5. The molecule has 230 valence electrons. The van der Waals surface area contributed by atoms with Crippen LogP contribution in [0.4, 0.5) is 0 Å². The Hall–Kier alpha value is -6.24. The number of rotatable bonds is 6. The Labute approximate surface area is 287 Å². The largest absolute Gasteiger partial charge is 0.0701 e. The third kappa shape index (κ3) is 4.76. The zero-order valence-corrected chi connectivity index (χ0v) is 27.1. The summed E-state index contributed by atoms with van der Waals surface area (Å²) in [5, 5.41) is 7.57. The minimum Gasteiger partial charge on any atom is -0.0622 e. The number of hydrogen-bond donors (Lipinski definition) is 0. The normalized spacial score (nSPS) is 11.7. The lowest BCUT2D eigenvalue weighted by atomic mass is 9.65. The lowest BCUT2D eigenvalue weighted by Gasteiger charge is -2.37. The van der Waals surface area contributed by atoms with Gasteiger partial charge in [0.05, 0.1) is 5.41 Å². The Morgan fingerprint density at radius 1 is 0.245 bits per heavy atom. The molecule has 0 fully saturated rings. The molecule has 0 amide bonds. The Morgan fingerprint density at radius 3 is 1.06 bits per heavy atom. The van der Waals surface area contributed by atoms with Gasteiger partial charge in [0.15, 0.2) is 0 Å². The van der Waals surface area contributed by atoms with Crippen molar-refractivity contribution < 1.29 is 0 Å². The summed E-state index contributed by atoms with van der Waals surface area (Å²) >= 11 is 0. The molecule has 0 nitrogen and oxygen atoms in total. The van der Waals surface area contributed by atoms with Crippen molar-refractivity contribution in [2.45, 2.75) is 5.41 Å². The van der Waals surface area contributed by atoms with Crippen LogP contribution in [0.2, 0.25) is 0 Å². The van der Waals surface area contributed by atoms with Gasteiger partial charge >= 0.3 is 0 Å². The molecule has 0 saturated heterocycles. The first-order valence-corrected chi connectivity index (χ1v) is 17.0. The third-order valence-corrected chi connectivity index (χ3v) is 10.2. The maximum atomic E-state index is 2.35. The van der Waals surface area contributed by atoms with Gasteiger partial charge in [0.25, 0.3) is 0 Å². The van der Waals surface area contributed by atoms with Crippen LogP contribution in [0.5, 0.6) is 0 Å². The van der Waals surface area contributed by atoms with E-state index in [1.807, 2.05) is 0 Å². The van der Waals surface area contributed by atoms with E-state index in [1.54, 1.807) is 0 Å². The molecule has 0 aliphatic rings. The van der Waals surface area contributed by atoms with E-state index in [1.165, 1.54) is 76.8 Å². The first kappa shape index (κ1) is 28.9. The highest BCUT2D eigenvalue weighted by atomic mass is 14.4. The van der Waals surface area contributed by atoms with Crippen LogP contribution in [0.15, 0.2) is 206 Å². The van der Waals surface area contributed by atoms with Gasteiger partial charge in [-0.05, 0) is 82.9 Å². The molecule has 0 aliphatic heterocycles. The van der Waals surface area contributed by atoms with Gasteiger partial charge in [-0.25, -0.2) is 0 Å². The Balaban J connectivity index is 1.29. The molecule has 49 heavy (non-hydrogen) atoms. The van der Waals surface area contributed by atoms with E-state index in [0.29, 0.717) is 0 Å². The van der Waals surface area contributed by atoms with E-state index in [-0.39, 0.29) is 0 Å². The molecule has 0 unspecified atom stereocenters. The topological polar surface area (TPSA) is 0 Å². The molecule has 0 radical (unpaired) electrons. The van der Waals surface area contributed by atoms with Gasteiger partial charge in [0.1, 0.15) is 0 Å². The van der Waals surface area contributed by atoms with Crippen molar-refractivity contribution in [3.63, 3.8) is 0 Å². The molecule has 9 aromatic rings. The summed E-state index contributed by atoms with van der Waals surface area (Å²) < 4.78 is 0. The second-order valence-electron chi connectivity index (χ2n) is 12.8. The molecule has 0 saturated carbocycles. The van der Waals surface area contributed by atoms with Crippen LogP contribution in [0.25, 0.3) is 54.6 Å². The van der Waals surface area contributed by atoms with Crippen LogP contribution >= 0.6 is 0 Å². The van der Waals surface area contributed by atoms with E-state index in [0.717, 1.165) is 0 Å². The fourth-order valence-corrected chi connectivity index (χ4v) is 8.05. The van der Waals surface area contributed by atoms with Crippen LogP contribution in [0.1, 0.15) is 22.3 Å². The van der Waals surface area contributed by atoms with Crippen LogP contribution in [-0.4, -0.2) is 0 Å². The second kappa shape index (κ2) is 12.1. The van der Waals surface area contributed by atoms with Gasteiger partial charge in [-0.1, -0.05) is 200 Å². The Kier molecular flexibility index (Phi) is 7.14. The summed E-state index contributed by atoms with van der Waals surface area (Å²) in [5.74, 6) is 0. The molecular formula is C49H34. The molecule has 0 spiro atoms. The zero-order chi connectivity index (χ0) is 32.6. The highest BCUT2D eigenvalue weighted by molar-refractivity contribution is 6.21. The van der Waals surface area contributed by atoms with Gasteiger partial charge < -0.3 is 0 Å². The van der Waals surface area contributed by atoms with E-state index in [4.69, 9.17) is 0 Å². The van der Waals surface area contributed by atoms with Gasteiger partial charge in [-0.3, -0.25) is 0 Å². The highest BCUT2D eigenvalue weighted by Crippen LogP contribution is 2.47. The minimum absolute atomic E-state index is 0.480. The first-order valence-electron chi connectivity index (χ1n) is 17.0. The first-order chi connectivity index (χ1) is 24.3. The van der Waals surface area contributed by atoms with Crippen molar-refractivity contribution in [3.05, 3.63) is 229 Å². The van der Waals surface area contributed by atoms with Gasteiger partial charge in [-0.15, -0.1) is 0 Å². The van der Waals surface area contributed by atoms with Crippen molar-refractivity contribution in [3.8, 4) is 22.3 Å². The average Bonchev–Trinajstić information content (AvgIpc) is 3.19. The molecule has 9 rings (SSSR count). The monoisotopic (exact) mass is 622 g/mol. The maximum absolute atomic E-state index is 2.35. The minimum atomic E-state index is -0.480. The smallest absolute Gasteiger partial charge is 0.0622 e. The molecule has 0 atom stereocenters. The zero-order valence-electron chi connectivity index (χ0n) is 27.1. The summed E-state index contributed by atoms with van der Waals surface area (Å²) in [5.41, 5.74) is 9.51. The SMILES string of the molecule is c1ccc(C(c2ccccc2)(c2ccccc2)c2ccc(-c3c4ccccc4c(-c4ccc5ccccc5c4)c4ccccc34)cc2)cc1. The molecular weight excluding hydrogens is 589 g/mol. The fourth-order valence-electron chi connectivity index (χ4n) is 8.05. The standard InChI is InChI=1S/C49H34/c1-4-18-39(19-5-1)49(40-20-6-2-7-21-40,41-22-8-3-9-23-41)42-32-30-36(31-33-42)47-43-24-12-14-26-45(43)48(46-27-15-13-25-44(46)47)38-29-28-35-16-10-11-17-37(35)34-38/h1-34H. The molecule has 0 bridgehead atoms. The summed E-state index contributed by atoms with van der Waals surface area (Å²) in [4.78, 5) is 0. The molecule has 0 heteroatoms. The van der Waals surface area contributed by atoms with Crippen LogP contribution < -0.4 is 0 Å². The van der Waals surface area contributed by atoms with Crippen LogP contribution in [-0.2, 0) is 5.41 Å².